The lowest BCUT2D eigenvalue weighted by Crippen LogP contribution is -2.34. The first-order valence-electron chi connectivity index (χ1n) is 9.67. The van der Waals surface area contributed by atoms with E-state index in [2.05, 4.69) is 41.9 Å². The molecule has 32 heavy (non-hydrogen) atoms. The number of anilines is 1. The number of nitrogens with one attached hydrogen (secondary N) is 2. The molecule has 0 unspecified atom stereocenters. The molecule has 164 valence electrons. The highest BCUT2D eigenvalue weighted by Gasteiger charge is 2.16. The minimum Gasteiger partial charge on any atom is -0.496 e. The number of rotatable bonds is 5. The van der Waals surface area contributed by atoms with Crippen LogP contribution >= 0.6 is 39.5 Å². The fourth-order valence-electron chi connectivity index (χ4n) is 3.07. The molecule has 0 aliphatic rings. The molecule has 0 spiro atoms. The highest BCUT2D eigenvalue weighted by Crippen LogP contribution is 2.29. The number of halogens is 1. The molecular formula is C21H19BrN6O2S2. The van der Waals surface area contributed by atoms with Crippen molar-refractivity contribution in [2.24, 2.45) is 0 Å². The Labute approximate surface area is 202 Å². The molecule has 2 aromatic carbocycles. The Balaban J connectivity index is 1.54. The fourth-order valence-corrected chi connectivity index (χ4v) is 4.48. The van der Waals surface area contributed by atoms with E-state index in [0.717, 1.165) is 43.5 Å². The van der Waals surface area contributed by atoms with Crippen LogP contribution in [-0.4, -0.2) is 37.9 Å². The van der Waals surface area contributed by atoms with Crippen molar-refractivity contribution in [1.82, 2.24) is 25.1 Å². The van der Waals surface area contributed by atoms with Crippen LogP contribution in [0.25, 0.3) is 15.5 Å². The van der Waals surface area contributed by atoms with Gasteiger partial charge in [-0.15, -0.1) is 10.2 Å². The molecule has 0 radical (unpaired) electrons. The van der Waals surface area contributed by atoms with Crippen molar-refractivity contribution in [3.05, 3.63) is 57.8 Å². The van der Waals surface area contributed by atoms with E-state index in [9.17, 15) is 4.79 Å². The molecule has 2 heterocycles. The van der Waals surface area contributed by atoms with E-state index < -0.39 is 0 Å². The predicted molar refractivity (Wildman–Crippen MR) is 133 cm³/mol. The van der Waals surface area contributed by atoms with Crippen LogP contribution in [0.15, 0.2) is 40.9 Å². The number of carbonyl (C=O) groups excluding carboxylic acids is 1. The van der Waals surface area contributed by atoms with Gasteiger partial charge in [0.15, 0.2) is 10.9 Å². The van der Waals surface area contributed by atoms with Crippen LogP contribution in [0, 0.1) is 6.92 Å². The summed E-state index contributed by atoms with van der Waals surface area (Å²) >= 11 is 10.2. The van der Waals surface area contributed by atoms with Crippen molar-refractivity contribution < 1.29 is 9.53 Å². The third-order valence-corrected chi connectivity index (χ3v) is 6.38. The van der Waals surface area contributed by atoms with E-state index in [0.29, 0.717) is 11.3 Å². The zero-order valence-electron chi connectivity index (χ0n) is 17.5. The summed E-state index contributed by atoms with van der Waals surface area (Å²) in [5.74, 6) is 0.913. The van der Waals surface area contributed by atoms with Crippen LogP contribution in [-0.2, 0) is 6.42 Å². The summed E-state index contributed by atoms with van der Waals surface area (Å²) in [5.41, 5.74) is 3.04. The second-order valence-electron chi connectivity index (χ2n) is 6.85. The van der Waals surface area contributed by atoms with Gasteiger partial charge in [0.1, 0.15) is 10.8 Å². The van der Waals surface area contributed by atoms with Gasteiger partial charge < -0.3 is 10.1 Å². The Morgan fingerprint density at radius 3 is 2.81 bits per heavy atom. The van der Waals surface area contributed by atoms with Gasteiger partial charge in [-0.3, -0.25) is 10.1 Å². The van der Waals surface area contributed by atoms with Crippen molar-refractivity contribution in [2.75, 3.05) is 12.4 Å². The summed E-state index contributed by atoms with van der Waals surface area (Å²) in [4.78, 5) is 13.5. The first kappa shape index (κ1) is 22.3. The van der Waals surface area contributed by atoms with Gasteiger partial charge in [0.2, 0.25) is 4.96 Å². The molecule has 4 aromatic rings. The highest BCUT2D eigenvalue weighted by atomic mass is 79.9. The molecule has 2 aromatic heterocycles. The average molecular weight is 531 g/mol. The molecular weight excluding hydrogens is 512 g/mol. The maximum Gasteiger partial charge on any atom is 0.261 e. The van der Waals surface area contributed by atoms with Gasteiger partial charge >= 0.3 is 0 Å². The predicted octanol–water partition coefficient (Wildman–Crippen LogP) is 4.62. The third kappa shape index (κ3) is 4.50. The topological polar surface area (TPSA) is 93.4 Å². The number of hydrogen-bond donors (Lipinski definition) is 2. The van der Waals surface area contributed by atoms with E-state index in [4.69, 9.17) is 17.0 Å². The van der Waals surface area contributed by atoms with Crippen LogP contribution in [0.1, 0.15) is 28.7 Å². The lowest BCUT2D eigenvalue weighted by molar-refractivity contribution is 0.0974. The third-order valence-electron chi connectivity index (χ3n) is 4.74. The number of carbonyl (C=O) groups is 1. The van der Waals surface area contributed by atoms with Crippen LogP contribution in [0.2, 0.25) is 0 Å². The van der Waals surface area contributed by atoms with E-state index in [1.54, 1.807) is 22.7 Å². The van der Waals surface area contributed by atoms with Crippen molar-refractivity contribution in [3.63, 3.8) is 0 Å². The van der Waals surface area contributed by atoms with Crippen LogP contribution < -0.4 is 15.4 Å². The maximum absolute atomic E-state index is 12.7. The van der Waals surface area contributed by atoms with E-state index in [1.807, 2.05) is 32.0 Å². The van der Waals surface area contributed by atoms with Gasteiger partial charge in [0.05, 0.1) is 12.7 Å². The monoisotopic (exact) mass is 530 g/mol. The summed E-state index contributed by atoms with van der Waals surface area (Å²) in [6.07, 6.45) is 0.752. The summed E-state index contributed by atoms with van der Waals surface area (Å²) in [5, 5.41) is 19.8. The number of ether oxygens (including phenoxy) is 1. The normalized spacial score (nSPS) is 10.9. The Morgan fingerprint density at radius 1 is 1.25 bits per heavy atom. The Morgan fingerprint density at radius 2 is 2.06 bits per heavy atom. The number of methoxy groups -OCH3 is 1. The molecule has 8 nitrogen and oxygen atoms in total. The average Bonchev–Trinajstić information content (AvgIpc) is 3.36. The molecule has 0 fully saturated rings. The van der Waals surface area contributed by atoms with Crippen molar-refractivity contribution in [3.8, 4) is 16.3 Å². The molecule has 1 amide bonds. The molecule has 4 rings (SSSR count). The van der Waals surface area contributed by atoms with Crippen molar-refractivity contribution in [2.45, 2.75) is 20.3 Å². The standard InChI is InChI=1S/C21H19BrN6O2S2/c1-4-17-25-26-21-28(17)27-19(32-21)12-6-5-11(2)15(9-12)23-20(31)24-18(29)14-10-13(22)7-8-16(14)30-3/h5-10H,4H2,1-3H3,(H2,23,24,29,31). The highest BCUT2D eigenvalue weighted by molar-refractivity contribution is 9.10. The van der Waals surface area contributed by atoms with Crippen LogP contribution in [0.4, 0.5) is 5.69 Å². The summed E-state index contributed by atoms with van der Waals surface area (Å²) in [6, 6.07) is 11.1. The molecule has 0 aliphatic carbocycles. The molecule has 11 heteroatoms. The van der Waals surface area contributed by atoms with Gasteiger partial charge in [-0.25, -0.2) is 0 Å². The Hall–Kier alpha value is -2.89. The fraction of sp³-hybridized carbons (Fsp3) is 0.190. The summed E-state index contributed by atoms with van der Waals surface area (Å²) < 4.78 is 7.81. The van der Waals surface area contributed by atoms with E-state index in [1.165, 1.54) is 18.4 Å². The zero-order valence-corrected chi connectivity index (χ0v) is 20.7. The quantitative estimate of drug-likeness (QED) is 0.363. The number of aryl methyl sites for hydroxylation is 2. The van der Waals surface area contributed by atoms with Crippen molar-refractivity contribution in [1.29, 1.82) is 0 Å². The number of aromatic nitrogens is 4. The zero-order chi connectivity index (χ0) is 22.8. The number of amides is 1. The van der Waals surface area contributed by atoms with Crippen LogP contribution in [0.5, 0.6) is 5.75 Å². The second kappa shape index (κ2) is 9.31. The van der Waals surface area contributed by atoms with Gasteiger partial charge in [-0.05, 0) is 49.0 Å². The minimum atomic E-state index is -0.366. The summed E-state index contributed by atoms with van der Waals surface area (Å²) in [7, 11) is 1.51. The lowest BCUT2D eigenvalue weighted by atomic mass is 10.1. The molecule has 0 aliphatic heterocycles. The first-order chi connectivity index (χ1) is 15.4. The maximum atomic E-state index is 12.7. The van der Waals surface area contributed by atoms with E-state index >= 15 is 0 Å². The Bertz CT molecular complexity index is 1330. The molecule has 0 bridgehead atoms. The molecule has 0 saturated heterocycles. The number of benzene rings is 2. The summed E-state index contributed by atoms with van der Waals surface area (Å²) in [6.45, 7) is 3.98. The van der Waals surface area contributed by atoms with E-state index in [-0.39, 0.29) is 11.0 Å². The SMILES string of the molecule is CCc1nnc2sc(-c3ccc(C)c(NC(=S)NC(=O)c4cc(Br)ccc4OC)c3)nn12. The van der Waals surface area contributed by atoms with Crippen LogP contribution in [0.3, 0.4) is 0 Å². The lowest BCUT2D eigenvalue weighted by Gasteiger charge is -2.14. The van der Waals surface area contributed by atoms with Gasteiger partial charge in [0, 0.05) is 22.1 Å². The first-order valence-corrected chi connectivity index (χ1v) is 11.7. The van der Waals surface area contributed by atoms with Gasteiger partial charge in [-0.2, -0.15) is 9.61 Å². The minimum absolute atomic E-state index is 0.184. The van der Waals surface area contributed by atoms with Crippen molar-refractivity contribution >= 4 is 61.2 Å². The molecule has 0 atom stereocenters. The number of fused-ring (bicyclic) bond motifs is 1. The van der Waals surface area contributed by atoms with Gasteiger partial charge in [-0.1, -0.05) is 46.3 Å². The smallest absolute Gasteiger partial charge is 0.261 e. The Kier molecular flexibility index (Phi) is 6.49. The number of thiocarbonyl (C=S) groups is 1. The van der Waals surface area contributed by atoms with Gasteiger partial charge in [0.25, 0.3) is 5.91 Å². The largest absolute Gasteiger partial charge is 0.496 e. The second-order valence-corrected chi connectivity index (χ2v) is 9.13. The molecule has 0 saturated carbocycles. The molecule has 2 N–H and O–H groups in total. The number of hydrogen-bond acceptors (Lipinski definition) is 7. The number of nitrogens with zero attached hydrogens (tertiary/aromatic N) is 4.